The van der Waals surface area contributed by atoms with E-state index in [0.717, 1.165) is 4.90 Å². The van der Waals surface area contributed by atoms with Gasteiger partial charge in [0.2, 0.25) is 5.91 Å². The van der Waals surface area contributed by atoms with Crippen LogP contribution in [0, 0.1) is 5.82 Å². The molecule has 3 rings (SSSR count). The predicted octanol–water partition coefficient (Wildman–Crippen LogP) is 3.23. The third-order valence-corrected chi connectivity index (χ3v) is 4.69. The Labute approximate surface area is 159 Å². The van der Waals surface area contributed by atoms with Gasteiger partial charge in [-0.25, -0.2) is 9.07 Å². The maximum Gasteiger partial charge on any atom is 0.269 e. The van der Waals surface area contributed by atoms with Crippen molar-refractivity contribution < 1.29 is 14.0 Å². The molecule has 27 heavy (non-hydrogen) atoms. The van der Waals surface area contributed by atoms with Crippen LogP contribution in [-0.2, 0) is 4.79 Å². The summed E-state index contributed by atoms with van der Waals surface area (Å²) >= 11 is 1.48. The van der Waals surface area contributed by atoms with Crippen molar-refractivity contribution in [2.75, 3.05) is 11.1 Å². The molecule has 0 bridgehead atoms. The van der Waals surface area contributed by atoms with Gasteiger partial charge in [0.1, 0.15) is 11.5 Å². The molecule has 0 unspecified atom stereocenters. The summed E-state index contributed by atoms with van der Waals surface area (Å²) in [6.45, 7) is 0. The summed E-state index contributed by atoms with van der Waals surface area (Å²) in [7, 11) is 0. The lowest BCUT2D eigenvalue weighted by Gasteiger charge is -2.11. The average Bonchev–Trinajstić information content (AvgIpc) is 3.14. The normalized spacial score (nSPS) is 10.6. The smallest absolute Gasteiger partial charge is 0.269 e. The summed E-state index contributed by atoms with van der Waals surface area (Å²) in [5.41, 5.74) is 6.58. The van der Waals surface area contributed by atoms with E-state index in [1.54, 1.807) is 42.6 Å². The minimum atomic E-state index is -0.618. The number of aromatic nitrogens is 2. The number of carbonyl (C=O) groups is 2. The van der Waals surface area contributed by atoms with E-state index in [-0.39, 0.29) is 17.4 Å². The van der Waals surface area contributed by atoms with E-state index in [2.05, 4.69) is 10.4 Å². The van der Waals surface area contributed by atoms with Crippen LogP contribution in [0.2, 0.25) is 0 Å². The number of halogens is 1. The maximum absolute atomic E-state index is 12.9. The number of hydrogen-bond acceptors (Lipinski definition) is 4. The monoisotopic (exact) mass is 384 g/mol. The van der Waals surface area contributed by atoms with Crippen LogP contribution < -0.4 is 11.1 Å². The van der Waals surface area contributed by atoms with Crippen LogP contribution in [0.5, 0.6) is 0 Å². The molecule has 2 aromatic carbocycles. The zero-order chi connectivity index (χ0) is 19.2. The molecule has 1 aromatic heterocycles. The SMILES string of the molecule is NC(=O)c1ccn(-c2ccccc2NC(=O)CCSc2ccc(F)cc2)n1. The first-order chi connectivity index (χ1) is 13.0. The highest BCUT2D eigenvalue weighted by Gasteiger charge is 2.11. The van der Waals surface area contributed by atoms with E-state index in [0.29, 0.717) is 23.5 Å². The Kier molecular flexibility index (Phi) is 5.87. The number of nitrogens with zero attached hydrogens (tertiary/aromatic N) is 2. The number of rotatable bonds is 7. The van der Waals surface area contributed by atoms with E-state index in [4.69, 9.17) is 5.73 Å². The highest BCUT2D eigenvalue weighted by Crippen LogP contribution is 2.22. The predicted molar refractivity (Wildman–Crippen MR) is 102 cm³/mol. The van der Waals surface area contributed by atoms with Crippen molar-refractivity contribution in [3.05, 3.63) is 72.3 Å². The van der Waals surface area contributed by atoms with Crippen LogP contribution in [0.15, 0.2) is 65.7 Å². The maximum atomic E-state index is 12.9. The highest BCUT2D eigenvalue weighted by molar-refractivity contribution is 7.99. The first kappa shape index (κ1) is 18.7. The fraction of sp³-hybridized carbons (Fsp3) is 0.105. The Balaban J connectivity index is 1.62. The van der Waals surface area contributed by atoms with E-state index in [1.807, 2.05) is 0 Å². The van der Waals surface area contributed by atoms with Gasteiger partial charge >= 0.3 is 0 Å². The van der Waals surface area contributed by atoms with Gasteiger partial charge in [-0.15, -0.1) is 11.8 Å². The number of nitrogens with two attached hydrogens (primary N) is 1. The fourth-order valence-corrected chi connectivity index (χ4v) is 3.23. The molecule has 0 spiro atoms. The van der Waals surface area contributed by atoms with Crippen molar-refractivity contribution in [1.29, 1.82) is 0 Å². The Morgan fingerprint density at radius 3 is 2.56 bits per heavy atom. The molecule has 2 amide bonds. The molecule has 0 radical (unpaired) electrons. The summed E-state index contributed by atoms with van der Waals surface area (Å²) in [5, 5.41) is 6.97. The van der Waals surface area contributed by atoms with Gasteiger partial charge in [0.15, 0.2) is 0 Å². The van der Waals surface area contributed by atoms with Crippen molar-refractivity contribution in [2.45, 2.75) is 11.3 Å². The van der Waals surface area contributed by atoms with Crippen molar-refractivity contribution in [2.24, 2.45) is 5.73 Å². The van der Waals surface area contributed by atoms with Gasteiger partial charge in [0.05, 0.1) is 11.4 Å². The molecule has 6 nitrogen and oxygen atoms in total. The number of carbonyl (C=O) groups excluding carboxylic acids is 2. The molecule has 0 saturated heterocycles. The molecule has 138 valence electrons. The molecule has 0 aliphatic carbocycles. The number of nitrogens with one attached hydrogen (secondary N) is 1. The zero-order valence-corrected chi connectivity index (χ0v) is 15.1. The number of anilines is 1. The summed E-state index contributed by atoms with van der Waals surface area (Å²) < 4.78 is 14.4. The van der Waals surface area contributed by atoms with E-state index < -0.39 is 5.91 Å². The first-order valence-electron chi connectivity index (χ1n) is 8.16. The highest BCUT2D eigenvalue weighted by atomic mass is 32.2. The molecule has 0 saturated carbocycles. The topological polar surface area (TPSA) is 90.0 Å². The lowest BCUT2D eigenvalue weighted by atomic mass is 10.2. The molecule has 0 atom stereocenters. The summed E-state index contributed by atoms with van der Waals surface area (Å²) in [6.07, 6.45) is 1.90. The number of amides is 2. The van der Waals surface area contributed by atoms with E-state index in [9.17, 15) is 14.0 Å². The van der Waals surface area contributed by atoms with Gasteiger partial charge in [0, 0.05) is 23.3 Å². The number of thioether (sulfide) groups is 1. The third-order valence-electron chi connectivity index (χ3n) is 3.68. The van der Waals surface area contributed by atoms with Crippen molar-refractivity contribution in [3.8, 4) is 5.69 Å². The quantitative estimate of drug-likeness (QED) is 0.612. The van der Waals surface area contributed by atoms with Gasteiger partial charge < -0.3 is 11.1 Å². The van der Waals surface area contributed by atoms with E-state index in [1.165, 1.54) is 34.6 Å². The third kappa shape index (κ3) is 4.95. The second-order valence-corrected chi connectivity index (χ2v) is 6.80. The van der Waals surface area contributed by atoms with Gasteiger partial charge in [-0.2, -0.15) is 5.10 Å². The second kappa shape index (κ2) is 8.50. The lowest BCUT2D eigenvalue weighted by molar-refractivity contribution is -0.115. The standard InChI is InChI=1S/C19H17FN4O2S/c20-13-5-7-14(8-6-13)27-12-10-18(25)22-15-3-1-2-4-17(15)24-11-9-16(23-24)19(21)26/h1-9,11H,10,12H2,(H2,21,26)(H,22,25). The summed E-state index contributed by atoms with van der Waals surface area (Å²) in [4.78, 5) is 24.4. The average molecular weight is 384 g/mol. The molecule has 0 aliphatic heterocycles. The first-order valence-corrected chi connectivity index (χ1v) is 9.14. The molecular formula is C19H17FN4O2S. The number of benzene rings is 2. The molecule has 3 aromatic rings. The van der Waals surface area contributed by atoms with Gasteiger partial charge in [-0.3, -0.25) is 9.59 Å². The Morgan fingerprint density at radius 2 is 1.85 bits per heavy atom. The largest absolute Gasteiger partial charge is 0.364 e. The van der Waals surface area contributed by atoms with Gasteiger partial charge in [-0.05, 0) is 42.5 Å². The van der Waals surface area contributed by atoms with Crippen LogP contribution in [0.25, 0.3) is 5.69 Å². The van der Waals surface area contributed by atoms with Crippen LogP contribution in [0.4, 0.5) is 10.1 Å². The zero-order valence-electron chi connectivity index (χ0n) is 14.3. The second-order valence-electron chi connectivity index (χ2n) is 5.63. The van der Waals surface area contributed by atoms with Crippen LogP contribution in [0.1, 0.15) is 16.9 Å². The molecule has 0 fully saturated rings. The Morgan fingerprint density at radius 1 is 1.11 bits per heavy atom. The van der Waals surface area contributed by atoms with Crippen molar-refractivity contribution >= 4 is 29.3 Å². The minimum absolute atomic E-state index is 0.145. The van der Waals surface area contributed by atoms with Gasteiger partial charge in [0.25, 0.3) is 5.91 Å². The summed E-state index contributed by atoms with van der Waals surface area (Å²) in [6, 6.07) is 14.8. The van der Waals surface area contributed by atoms with Crippen molar-refractivity contribution in [1.82, 2.24) is 9.78 Å². The van der Waals surface area contributed by atoms with Crippen LogP contribution in [0.3, 0.4) is 0 Å². The Hall–Kier alpha value is -3.13. The fourth-order valence-electron chi connectivity index (χ4n) is 2.37. The minimum Gasteiger partial charge on any atom is -0.364 e. The molecule has 0 aliphatic rings. The van der Waals surface area contributed by atoms with Crippen LogP contribution in [-0.4, -0.2) is 27.3 Å². The van der Waals surface area contributed by atoms with E-state index >= 15 is 0 Å². The molecule has 8 heteroatoms. The molecule has 1 heterocycles. The number of para-hydroxylation sites is 2. The Bertz CT molecular complexity index is 956. The molecular weight excluding hydrogens is 367 g/mol. The van der Waals surface area contributed by atoms with Crippen LogP contribution >= 0.6 is 11.8 Å². The number of primary amides is 1. The van der Waals surface area contributed by atoms with Crippen molar-refractivity contribution in [3.63, 3.8) is 0 Å². The lowest BCUT2D eigenvalue weighted by Crippen LogP contribution is -2.15. The van der Waals surface area contributed by atoms with Gasteiger partial charge in [-0.1, -0.05) is 12.1 Å². The number of hydrogen-bond donors (Lipinski definition) is 2. The summed E-state index contributed by atoms with van der Waals surface area (Å²) in [5.74, 6) is -0.494. The molecule has 3 N–H and O–H groups in total.